The lowest BCUT2D eigenvalue weighted by Gasteiger charge is -2.25. The molecule has 4 rings (SSSR count). The Balaban J connectivity index is 1.48. The first-order valence-corrected chi connectivity index (χ1v) is 11.0. The van der Waals surface area contributed by atoms with E-state index in [9.17, 15) is 0 Å². The van der Waals surface area contributed by atoms with Crippen LogP contribution in [-0.4, -0.2) is 40.3 Å². The van der Waals surface area contributed by atoms with Gasteiger partial charge in [-0.2, -0.15) is 0 Å². The maximum atomic E-state index is 6.32. The summed E-state index contributed by atoms with van der Waals surface area (Å²) in [7, 11) is 0. The van der Waals surface area contributed by atoms with Gasteiger partial charge in [-0.05, 0) is 57.2 Å². The molecule has 2 aromatic rings. The van der Waals surface area contributed by atoms with E-state index in [0.717, 1.165) is 34.1 Å². The number of aromatic nitrogens is 2. The molecule has 0 bridgehead atoms. The van der Waals surface area contributed by atoms with Gasteiger partial charge in [-0.25, -0.2) is 9.97 Å². The number of nitrogens with zero attached hydrogens (tertiary/aromatic N) is 3. The summed E-state index contributed by atoms with van der Waals surface area (Å²) in [5.74, 6) is 1.75. The van der Waals surface area contributed by atoms with Gasteiger partial charge in [0.15, 0.2) is 5.16 Å². The molecule has 0 unspecified atom stereocenters. The van der Waals surface area contributed by atoms with E-state index < -0.39 is 0 Å². The number of thioether (sulfide) groups is 1. The Morgan fingerprint density at radius 3 is 2.67 bits per heavy atom. The van der Waals surface area contributed by atoms with E-state index in [-0.39, 0.29) is 0 Å². The number of anilines is 1. The zero-order chi connectivity index (χ0) is 16.4. The van der Waals surface area contributed by atoms with Crippen LogP contribution in [0.2, 0.25) is 0 Å². The summed E-state index contributed by atoms with van der Waals surface area (Å²) in [6.45, 7) is 3.63. The molecule has 1 saturated heterocycles. The van der Waals surface area contributed by atoms with Crippen LogP contribution in [0, 0.1) is 0 Å². The molecule has 1 fully saturated rings. The SMILES string of the molecule is Nc1nc(SCCN2CCCCC2)nc2sc3c(c12)CCCCC3. The summed E-state index contributed by atoms with van der Waals surface area (Å²) in [6.07, 6.45) is 10.3. The van der Waals surface area contributed by atoms with E-state index in [2.05, 4.69) is 9.88 Å². The van der Waals surface area contributed by atoms with E-state index >= 15 is 0 Å². The molecular weight excluding hydrogens is 336 g/mol. The third-order valence-electron chi connectivity index (χ3n) is 5.16. The Morgan fingerprint density at radius 2 is 1.79 bits per heavy atom. The number of likely N-dealkylation sites (tertiary alicyclic amines) is 1. The third kappa shape index (κ3) is 3.55. The number of rotatable bonds is 4. The van der Waals surface area contributed by atoms with Crippen LogP contribution in [0.4, 0.5) is 5.82 Å². The van der Waals surface area contributed by atoms with Gasteiger partial charge < -0.3 is 10.6 Å². The molecule has 6 heteroatoms. The second kappa shape index (κ2) is 7.58. The lowest BCUT2D eigenvalue weighted by atomic mass is 10.1. The van der Waals surface area contributed by atoms with Crippen LogP contribution in [-0.2, 0) is 12.8 Å². The molecule has 0 aromatic carbocycles. The van der Waals surface area contributed by atoms with Crippen LogP contribution < -0.4 is 5.73 Å². The normalized spacial score (nSPS) is 19.3. The molecule has 130 valence electrons. The summed E-state index contributed by atoms with van der Waals surface area (Å²) in [5.41, 5.74) is 7.76. The quantitative estimate of drug-likeness (QED) is 0.504. The minimum atomic E-state index is 0.694. The lowest BCUT2D eigenvalue weighted by molar-refractivity contribution is 0.242. The standard InChI is InChI=1S/C18H26N4S2/c19-16-15-13-7-3-1-4-8-14(13)24-17(15)21-18(20-16)23-12-11-22-9-5-2-6-10-22/h1-12H2,(H2,19,20,21). The Hall–Kier alpha value is -0.850. The number of nitrogen functional groups attached to an aromatic ring is 1. The fourth-order valence-electron chi connectivity index (χ4n) is 3.86. The molecule has 0 saturated carbocycles. The van der Waals surface area contributed by atoms with Gasteiger partial charge in [0, 0.05) is 17.2 Å². The average molecular weight is 363 g/mol. The Labute approximate surface area is 152 Å². The molecular formula is C18H26N4S2. The van der Waals surface area contributed by atoms with E-state index in [0.29, 0.717) is 5.82 Å². The van der Waals surface area contributed by atoms with E-state index in [4.69, 9.17) is 10.7 Å². The Kier molecular flexibility index (Phi) is 5.25. The molecule has 4 nitrogen and oxygen atoms in total. The second-order valence-electron chi connectivity index (χ2n) is 6.89. The lowest BCUT2D eigenvalue weighted by Crippen LogP contribution is -2.31. The van der Waals surface area contributed by atoms with Crippen LogP contribution in [0.1, 0.15) is 49.0 Å². The van der Waals surface area contributed by atoms with E-state index in [1.54, 1.807) is 11.8 Å². The van der Waals surface area contributed by atoms with Crippen molar-refractivity contribution in [2.24, 2.45) is 0 Å². The molecule has 0 spiro atoms. The highest BCUT2D eigenvalue weighted by Crippen LogP contribution is 2.37. The minimum Gasteiger partial charge on any atom is -0.383 e. The highest BCUT2D eigenvalue weighted by atomic mass is 32.2. The van der Waals surface area contributed by atoms with Gasteiger partial charge in [-0.15, -0.1) is 11.3 Å². The topological polar surface area (TPSA) is 55.0 Å². The van der Waals surface area contributed by atoms with Gasteiger partial charge in [-0.1, -0.05) is 24.6 Å². The average Bonchev–Trinajstić information content (AvgIpc) is 2.78. The van der Waals surface area contributed by atoms with Gasteiger partial charge in [0.05, 0.1) is 5.39 Å². The maximum absolute atomic E-state index is 6.32. The summed E-state index contributed by atoms with van der Waals surface area (Å²) >= 11 is 3.60. The summed E-state index contributed by atoms with van der Waals surface area (Å²) in [5, 5.41) is 2.01. The van der Waals surface area contributed by atoms with Crippen molar-refractivity contribution in [3.8, 4) is 0 Å². The first-order chi connectivity index (χ1) is 11.8. The van der Waals surface area contributed by atoms with Crippen LogP contribution in [0.25, 0.3) is 10.2 Å². The number of hydrogen-bond acceptors (Lipinski definition) is 6. The van der Waals surface area contributed by atoms with Crippen molar-refractivity contribution in [3.63, 3.8) is 0 Å². The molecule has 2 aliphatic rings. The fraction of sp³-hybridized carbons (Fsp3) is 0.667. The molecule has 0 atom stereocenters. The van der Waals surface area contributed by atoms with Gasteiger partial charge in [0.25, 0.3) is 0 Å². The molecule has 1 aliphatic heterocycles. The second-order valence-corrected chi connectivity index (χ2v) is 9.03. The van der Waals surface area contributed by atoms with Crippen LogP contribution in [0.15, 0.2) is 5.16 Å². The largest absolute Gasteiger partial charge is 0.383 e. The minimum absolute atomic E-state index is 0.694. The zero-order valence-corrected chi connectivity index (χ0v) is 15.9. The van der Waals surface area contributed by atoms with Gasteiger partial charge >= 0.3 is 0 Å². The zero-order valence-electron chi connectivity index (χ0n) is 14.2. The van der Waals surface area contributed by atoms with Crippen LogP contribution >= 0.6 is 23.1 Å². The Bertz CT molecular complexity index is 707. The first kappa shape index (κ1) is 16.6. The van der Waals surface area contributed by atoms with Crippen LogP contribution in [0.5, 0.6) is 0 Å². The monoisotopic (exact) mass is 362 g/mol. The smallest absolute Gasteiger partial charge is 0.190 e. The number of piperidine rings is 1. The number of aryl methyl sites for hydroxylation is 2. The van der Waals surface area contributed by atoms with Gasteiger partial charge in [-0.3, -0.25) is 0 Å². The van der Waals surface area contributed by atoms with Crippen molar-refractivity contribution in [2.75, 3.05) is 31.1 Å². The van der Waals surface area contributed by atoms with Crippen molar-refractivity contribution < 1.29 is 0 Å². The van der Waals surface area contributed by atoms with Gasteiger partial charge in [0.1, 0.15) is 10.6 Å². The number of fused-ring (bicyclic) bond motifs is 3. The molecule has 3 heterocycles. The predicted octanol–water partition coefficient (Wildman–Crippen LogP) is 4.12. The van der Waals surface area contributed by atoms with E-state index in [1.165, 1.54) is 68.5 Å². The van der Waals surface area contributed by atoms with Crippen LogP contribution in [0.3, 0.4) is 0 Å². The summed E-state index contributed by atoms with van der Waals surface area (Å²) < 4.78 is 0. The van der Waals surface area contributed by atoms with Crippen molar-refractivity contribution in [2.45, 2.75) is 56.5 Å². The summed E-state index contributed by atoms with van der Waals surface area (Å²) in [6, 6.07) is 0. The molecule has 2 N–H and O–H groups in total. The Morgan fingerprint density at radius 1 is 1.00 bits per heavy atom. The molecule has 1 aliphatic carbocycles. The van der Waals surface area contributed by atoms with Gasteiger partial charge in [0.2, 0.25) is 0 Å². The summed E-state index contributed by atoms with van der Waals surface area (Å²) in [4.78, 5) is 14.6. The highest BCUT2D eigenvalue weighted by molar-refractivity contribution is 7.99. The fourth-order valence-corrected chi connectivity index (χ4v) is 6.03. The molecule has 0 radical (unpaired) electrons. The number of hydrogen-bond donors (Lipinski definition) is 1. The molecule has 24 heavy (non-hydrogen) atoms. The number of nitrogens with two attached hydrogens (primary N) is 1. The van der Waals surface area contributed by atoms with Crippen molar-refractivity contribution in [3.05, 3.63) is 10.4 Å². The maximum Gasteiger partial charge on any atom is 0.190 e. The third-order valence-corrected chi connectivity index (χ3v) is 7.17. The molecule has 2 aromatic heterocycles. The van der Waals surface area contributed by atoms with Crippen molar-refractivity contribution in [1.82, 2.24) is 14.9 Å². The van der Waals surface area contributed by atoms with E-state index in [1.807, 2.05) is 11.3 Å². The predicted molar refractivity (Wildman–Crippen MR) is 104 cm³/mol. The van der Waals surface area contributed by atoms with Crippen molar-refractivity contribution >= 4 is 39.1 Å². The number of thiophene rings is 1. The van der Waals surface area contributed by atoms with Crippen molar-refractivity contribution in [1.29, 1.82) is 0 Å². The molecule has 0 amide bonds. The first-order valence-electron chi connectivity index (χ1n) is 9.24. The highest BCUT2D eigenvalue weighted by Gasteiger charge is 2.19.